The van der Waals surface area contributed by atoms with Gasteiger partial charge in [-0.25, -0.2) is 0 Å². The highest BCUT2D eigenvalue weighted by molar-refractivity contribution is 6.00. The highest BCUT2D eigenvalue weighted by Gasteiger charge is 2.22. The highest BCUT2D eigenvalue weighted by Crippen LogP contribution is 2.26. The Kier molecular flexibility index (Phi) is 5.74. The molecule has 2 aliphatic heterocycles. The van der Waals surface area contributed by atoms with E-state index in [0.29, 0.717) is 0 Å². The molecule has 0 aliphatic carbocycles. The van der Waals surface area contributed by atoms with Crippen molar-refractivity contribution in [2.45, 2.75) is 19.8 Å². The standard InChI is InChI=1S/C19H29N3O2/c1-16-5-6-18(22-7-3-4-8-22)17(15-16)19(23)20(2)9-10-21-11-13-24-14-12-21/h5-6,15H,3-4,7-14H2,1-2H3. The van der Waals surface area contributed by atoms with Crippen LogP contribution in [0.1, 0.15) is 28.8 Å². The van der Waals surface area contributed by atoms with Gasteiger partial charge in [0.2, 0.25) is 0 Å². The zero-order valence-corrected chi connectivity index (χ0v) is 15.0. The van der Waals surface area contributed by atoms with Gasteiger partial charge >= 0.3 is 0 Å². The zero-order valence-electron chi connectivity index (χ0n) is 15.0. The van der Waals surface area contributed by atoms with Gasteiger partial charge in [-0.3, -0.25) is 9.69 Å². The van der Waals surface area contributed by atoms with E-state index in [-0.39, 0.29) is 5.91 Å². The lowest BCUT2D eigenvalue weighted by Crippen LogP contribution is -2.42. The summed E-state index contributed by atoms with van der Waals surface area (Å²) in [6, 6.07) is 6.27. The molecule has 0 saturated carbocycles. The fourth-order valence-electron chi connectivity index (χ4n) is 3.48. The molecule has 24 heavy (non-hydrogen) atoms. The molecule has 0 radical (unpaired) electrons. The number of nitrogens with zero attached hydrogens (tertiary/aromatic N) is 3. The summed E-state index contributed by atoms with van der Waals surface area (Å²) in [5.74, 6) is 0.133. The van der Waals surface area contributed by atoms with E-state index in [2.05, 4.69) is 28.9 Å². The van der Waals surface area contributed by atoms with Crippen molar-refractivity contribution in [2.75, 3.05) is 64.4 Å². The predicted molar refractivity (Wildman–Crippen MR) is 96.8 cm³/mol. The second kappa shape index (κ2) is 7.99. The summed E-state index contributed by atoms with van der Waals surface area (Å²) in [7, 11) is 1.92. The Labute approximate surface area is 145 Å². The summed E-state index contributed by atoms with van der Waals surface area (Å²) in [6.07, 6.45) is 2.43. The fraction of sp³-hybridized carbons (Fsp3) is 0.632. The minimum atomic E-state index is 0.133. The van der Waals surface area contributed by atoms with Crippen LogP contribution in [0, 0.1) is 6.92 Å². The van der Waals surface area contributed by atoms with Gasteiger partial charge in [-0.2, -0.15) is 0 Å². The molecule has 0 aromatic heterocycles. The van der Waals surface area contributed by atoms with Crippen molar-refractivity contribution in [3.8, 4) is 0 Å². The van der Waals surface area contributed by atoms with Crippen molar-refractivity contribution in [2.24, 2.45) is 0 Å². The Morgan fingerprint density at radius 2 is 1.88 bits per heavy atom. The van der Waals surface area contributed by atoms with E-state index in [4.69, 9.17) is 4.74 Å². The minimum absolute atomic E-state index is 0.133. The van der Waals surface area contributed by atoms with Gasteiger partial charge in [-0.15, -0.1) is 0 Å². The molecule has 1 aromatic rings. The maximum atomic E-state index is 13.0. The van der Waals surface area contributed by atoms with Crippen LogP contribution in [0.3, 0.4) is 0 Å². The molecule has 2 fully saturated rings. The Bertz CT molecular complexity index is 564. The van der Waals surface area contributed by atoms with Crippen LogP contribution in [-0.4, -0.2) is 75.2 Å². The molecule has 2 heterocycles. The summed E-state index contributed by atoms with van der Waals surface area (Å²) in [5, 5.41) is 0. The molecule has 0 N–H and O–H groups in total. The topological polar surface area (TPSA) is 36.0 Å². The number of carbonyl (C=O) groups is 1. The molecular formula is C19H29N3O2. The maximum Gasteiger partial charge on any atom is 0.255 e. The third kappa shape index (κ3) is 4.08. The third-order valence-corrected chi connectivity index (χ3v) is 5.03. The zero-order chi connectivity index (χ0) is 16.9. The summed E-state index contributed by atoms with van der Waals surface area (Å²) in [4.78, 5) is 19.6. The van der Waals surface area contributed by atoms with E-state index in [9.17, 15) is 4.79 Å². The van der Waals surface area contributed by atoms with Gasteiger partial charge in [-0.05, 0) is 31.9 Å². The van der Waals surface area contributed by atoms with E-state index in [0.717, 1.165) is 69.3 Å². The van der Waals surface area contributed by atoms with E-state index in [1.165, 1.54) is 12.8 Å². The number of hydrogen-bond donors (Lipinski definition) is 0. The Morgan fingerprint density at radius 1 is 1.17 bits per heavy atom. The number of amides is 1. The number of likely N-dealkylation sites (N-methyl/N-ethyl adjacent to an activating group) is 1. The first-order chi connectivity index (χ1) is 11.6. The van der Waals surface area contributed by atoms with Crippen molar-refractivity contribution in [3.05, 3.63) is 29.3 Å². The van der Waals surface area contributed by atoms with Crippen molar-refractivity contribution in [3.63, 3.8) is 0 Å². The van der Waals surface area contributed by atoms with Gasteiger partial charge < -0.3 is 14.5 Å². The van der Waals surface area contributed by atoms with E-state index < -0.39 is 0 Å². The molecule has 1 aromatic carbocycles. The number of aryl methyl sites for hydroxylation is 1. The van der Waals surface area contributed by atoms with Crippen molar-refractivity contribution in [1.82, 2.24) is 9.80 Å². The molecule has 5 heteroatoms. The second-order valence-electron chi connectivity index (χ2n) is 6.90. The van der Waals surface area contributed by atoms with Crippen LogP contribution in [0.2, 0.25) is 0 Å². The van der Waals surface area contributed by atoms with Crippen molar-refractivity contribution < 1.29 is 9.53 Å². The molecule has 0 spiro atoms. The number of anilines is 1. The SMILES string of the molecule is Cc1ccc(N2CCCC2)c(C(=O)N(C)CCN2CCOCC2)c1. The molecule has 0 bridgehead atoms. The van der Waals surface area contributed by atoms with Crippen LogP contribution in [0.5, 0.6) is 0 Å². The summed E-state index contributed by atoms with van der Waals surface area (Å²) in [6.45, 7) is 9.36. The Hall–Kier alpha value is -1.59. The first-order valence-corrected chi connectivity index (χ1v) is 9.06. The smallest absolute Gasteiger partial charge is 0.255 e. The summed E-state index contributed by atoms with van der Waals surface area (Å²) in [5.41, 5.74) is 3.09. The monoisotopic (exact) mass is 331 g/mol. The Morgan fingerprint density at radius 3 is 2.58 bits per heavy atom. The minimum Gasteiger partial charge on any atom is -0.379 e. The fourth-order valence-corrected chi connectivity index (χ4v) is 3.48. The molecule has 3 rings (SSSR count). The number of benzene rings is 1. The lowest BCUT2D eigenvalue weighted by Gasteiger charge is -2.29. The molecule has 0 atom stereocenters. The molecule has 2 aliphatic rings. The maximum absolute atomic E-state index is 13.0. The lowest BCUT2D eigenvalue weighted by atomic mass is 10.1. The normalized spacial score (nSPS) is 18.8. The van der Waals surface area contributed by atoms with E-state index in [1.807, 2.05) is 18.0 Å². The Balaban J connectivity index is 1.67. The van der Waals surface area contributed by atoms with Crippen LogP contribution in [0.25, 0.3) is 0 Å². The number of morpholine rings is 1. The van der Waals surface area contributed by atoms with Gasteiger partial charge in [0.25, 0.3) is 5.91 Å². The average molecular weight is 331 g/mol. The molecule has 0 unspecified atom stereocenters. The molecular weight excluding hydrogens is 302 g/mol. The number of carbonyl (C=O) groups excluding carboxylic acids is 1. The predicted octanol–water partition coefficient (Wildman–Crippen LogP) is 2.00. The van der Waals surface area contributed by atoms with Crippen LogP contribution < -0.4 is 4.90 Å². The van der Waals surface area contributed by atoms with Crippen molar-refractivity contribution in [1.29, 1.82) is 0 Å². The van der Waals surface area contributed by atoms with Gasteiger partial charge in [0.05, 0.1) is 18.8 Å². The quantitative estimate of drug-likeness (QED) is 0.827. The molecule has 2 saturated heterocycles. The van der Waals surface area contributed by atoms with Gasteiger partial charge in [0.15, 0.2) is 0 Å². The second-order valence-corrected chi connectivity index (χ2v) is 6.90. The van der Waals surface area contributed by atoms with Crippen LogP contribution in [0.15, 0.2) is 18.2 Å². The third-order valence-electron chi connectivity index (χ3n) is 5.03. The lowest BCUT2D eigenvalue weighted by molar-refractivity contribution is 0.0338. The van der Waals surface area contributed by atoms with Gasteiger partial charge in [0.1, 0.15) is 0 Å². The molecule has 132 valence electrons. The average Bonchev–Trinajstić information content (AvgIpc) is 3.14. The largest absolute Gasteiger partial charge is 0.379 e. The molecule has 5 nitrogen and oxygen atoms in total. The van der Waals surface area contributed by atoms with Gasteiger partial charge in [0, 0.05) is 52.0 Å². The summed E-state index contributed by atoms with van der Waals surface area (Å²) >= 11 is 0. The first-order valence-electron chi connectivity index (χ1n) is 9.06. The number of ether oxygens (including phenoxy) is 1. The number of hydrogen-bond acceptors (Lipinski definition) is 4. The van der Waals surface area contributed by atoms with Gasteiger partial charge in [-0.1, -0.05) is 11.6 Å². The van der Waals surface area contributed by atoms with E-state index >= 15 is 0 Å². The number of rotatable bonds is 5. The van der Waals surface area contributed by atoms with Crippen LogP contribution in [0.4, 0.5) is 5.69 Å². The van der Waals surface area contributed by atoms with E-state index in [1.54, 1.807) is 0 Å². The molecule has 1 amide bonds. The van der Waals surface area contributed by atoms with Crippen LogP contribution in [-0.2, 0) is 4.74 Å². The van der Waals surface area contributed by atoms with Crippen LogP contribution >= 0.6 is 0 Å². The first kappa shape index (κ1) is 17.2. The summed E-state index contributed by atoms with van der Waals surface area (Å²) < 4.78 is 5.38. The highest BCUT2D eigenvalue weighted by atomic mass is 16.5. The van der Waals surface area contributed by atoms with Crippen molar-refractivity contribution >= 4 is 11.6 Å².